The molecular weight excluding hydrogens is 326 g/mol. The fourth-order valence-corrected chi connectivity index (χ4v) is 3.08. The number of imidazole rings is 1. The highest BCUT2D eigenvalue weighted by molar-refractivity contribution is 5.73. The number of nitrogen functional groups attached to an aromatic ring is 1. The smallest absolute Gasteiger partial charge is 0.277 e. The van der Waals surface area contributed by atoms with E-state index in [1.807, 2.05) is 34.9 Å². The molecule has 4 aromatic rings. The van der Waals surface area contributed by atoms with Crippen LogP contribution in [0.5, 0.6) is 0 Å². The van der Waals surface area contributed by atoms with Crippen LogP contribution in [0.1, 0.15) is 12.0 Å². The molecule has 0 saturated carbocycles. The number of benzene rings is 2. The normalized spacial score (nSPS) is 11.1. The number of hydrogen-bond donors (Lipinski definition) is 2. The van der Waals surface area contributed by atoms with Crippen molar-refractivity contribution in [1.82, 2.24) is 19.5 Å². The number of fused-ring (bicyclic) bond motifs is 1. The molecule has 0 atom stereocenters. The van der Waals surface area contributed by atoms with Gasteiger partial charge in [0.05, 0.1) is 6.33 Å². The van der Waals surface area contributed by atoms with Crippen molar-refractivity contribution in [2.24, 2.45) is 0 Å². The molecule has 6 heteroatoms. The molecule has 0 radical (unpaired) electrons. The van der Waals surface area contributed by atoms with E-state index in [9.17, 15) is 4.79 Å². The molecule has 2 aromatic heterocycles. The maximum Gasteiger partial charge on any atom is 0.277 e. The number of aromatic nitrogens is 4. The second kappa shape index (κ2) is 6.84. The summed E-state index contributed by atoms with van der Waals surface area (Å²) in [4.78, 5) is 24.2. The SMILES string of the molecule is Nc1cccc(-c2nc3ncn(CCCc4ccccc4)c3c(=O)[nH]2)c1. The van der Waals surface area contributed by atoms with Crippen LogP contribution in [0.3, 0.4) is 0 Å². The van der Waals surface area contributed by atoms with E-state index in [1.165, 1.54) is 5.56 Å². The monoisotopic (exact) mass is 345 g/mol. The highest BCUT2D eigenvalue weighted by Gasteiger charge is 2.11. The lowest BCUT2D eigenvalue weighted by Gasteiger charge is -2.05. The summed E-state index contributed by atoms with van der Waals surface area (Å²) in [5.74, 6) is 0.476. The molecule has 0 aliphatic heterocycles. The van der Waals surface area contributed by atoms with Crippen LogP contribution in [0.4, 0.5) is 5.69 Å². The first-order valence-corrected chi connectivity index (χ1v) is 8.56. The minimum atomic E-state index is -0.190. The fraction of sp³-hybridized carbons (Fsp3) is 0.150. The first-order valence-electron chi connectivity index (χ1n) is 8.56. The quantitative estimate of drug-likeness (QED) is 0.544. The highest BCUT2D eigenvalue weighted by atomic mass is 16.1. The standard InChI is InChI=1S/C20H19N5O/c21-16-10-4-9-15(12-16)18-23-19-17(20(26)24-18)25(13-22-19)11-5-8-14-6-2-1-3-7-14/h1-4,6-7,9-10,12-13H,5,8,11,21H2,(H,23,24,26). The van der Waals surface area contributed by atoms with Gasteiger partial charge in [-0.05, 0) is 30.5 Å². The Balaban J connectivity index is 1.59. The van der Waals surface area contributed by atoms with Gasteiger partial charge in [0.15, 0.2) is 11.2 Å². The minimum Gasteiger partial charge on any atom is -0.399 e. The maximum absolute atomic E-state index is 12.6. The van der Waals surface area contributed by atoms with Crippen molar-refractivity contribution < 1.29 is 0 Å². The summed E-state index contributed by atoms with van der Waals surface area (Å²) >= 11 is 0. The van der Waals surface area contributed by atoms with Crippen LogP contribution in [0.25, 0.3) is 22.6 Å². The summed E-state index contributed by atoms with van der Waals surface area (Å²) < 4.78 is 1.87. The van der Waals surface area contributed by atoms with Gasteiger partial charge in [0.1, 0.15) is 5.82 Å². The minimum absolute atomic E-state index is 0.190. The van der Waals surface area contributed by atoms with Gasteiger partial charge >= 0.3 is 0 Å². The van der Waals surface area contributed by atoms with Gasteiger partial charge in [0.25, 0.3) is 5.56 Å². The van der Waals surface area contributed by atoms with Crippen LogP contribution in [0.2, 0.25) is 0 Å². The zero-order valence-corrected chi connectivity index (χ0v) is 14.2. The topological polar surface area (TPSA) is 89.6 Å². The van der Waals surface area contributed by atoms with Crippen molar-refractivity contribution >= 4 is 16.9 Å². The lowest BCUT2D eigenvalue weighted by atomic mass is 10.1. The molecule has 0 aliphatic carbocycles. The summed E-state index contributed by atoms with van der Waals surface area (Å²) in [7, 11) is 0. The molecule has 2 heterocycles. The number of H-pyrrole nitrogens is 1. The summed E-state index contributed by atoms with van der Waals surface area (Å²) in [5, 5.41) is 0. The van der Waals surface area contributed by atoms with Crippen molar-refractivity contribution in [3.8, 4) is 11.4 Å². The van der Waals surface area contributed by atoms with Gasteiger partial charge in [-0.2, -0.15) is 0 Å². The van der Waals surface area contributed by atoms with E-state index >= 15 is 0 Å². The highest BCUT2D eigenvalue weighted by Crippen LogP contribution is 2.18. The summed E-state index contributed by atoms with van der Waals surface area (Å²) in [6.45, 7) is 0.716. The fourth-order valence-electron chi connectivity index (χ4n) is 3.08. The van der Waals surface area contributed by atoms with Crippen molar-refractivity contribution in [3.63, 3.8) is 0 Å². The summed E-state index contributed by atoms with van der Waals surface area (Å²) in [5.41, 5.74) is 9.25. The van der Waals surface area contributed by atoms with E-state index in [-0.39, 0.29) is 5.56 Å². The zero-order chi connectivity index (χ0) is 17.9. The average Bonchev–Trinajstić information content (AvgIpc) is 3.06. The van der Waals surface area contributed by atoms with Gasteiger partial charge in [-0.1, -0.05) is 42.5 Å². The Hall–Kier alpha value is -3.41. The van der Waals surface area contributed by atoms with Gasteiger partial charge in [0.2, 0.25) is 0 Å². The average molecular weight is 345 g/mol. The number of hydrogen-bond acceptors (Lipinski definition) is 4. The number of aromatic amines is 1. The van der Waals surface area contributed by atoms with Crippen LogP contribution >= 0.6 is 0 Å². The molecular formula is C20H19N5O. The number of nitrogens with one attached hydrogen (secondary N) is 1. The zero-order valence-electron chi connectivity index (χ0n) is 14.2. The van der Waals surface area contributed by atoms with Crippen LogP contribution < -0.4 is 11.3 Å². The Bertz CT molecular complexity index is 1100. The number of nitrogens with two attached hydrogens (primary N) is 1. The van der Waals surface area contributed by atoms with Crippen molar-refractivity contribution in [2.75, 3.05) is 5.73 Å². The molecule has 0 aliphatic rings. The molecule has 3 N–H and O–H groups in total. The number of nitrogens with zero attached hydrogens (tertiary/aromatic N) is 3. The van der Waals surface area contributed by atoms with E-state index < -0.39 is 0 Å². The van der Waals surface area contributed by atoms with E-state index in [4.69, 9.17) is 5.73 Å². The summed E-state index contributed by atoms with van der Waals surface area (Å²) in [6, 6.07) is 17.6. The van der Waals surface area contributed by atoms with Crippen molar-refractivity contribution in [3.05, 3.63) is 76.8 Å². The van der Waals surface area contributed by atoms with Crippen LogP contribution in [-0.2, 0) is 13.0 Å². The number of rotatable bonds is 5. The van der Waals surface area contributed by atoms with E-state index in [1.54, 1.807) is 18.5 Å². The predicted molar refractivity (Wildman–Crippen MR) is 103 cm³/mol. The van der Waals surface area contributed by atoms with E-state index in [0.29, 0.717) is 29.2 Å². The third kappa shape index (κ3) is 3.21. The Morgan fingerprint density at radius 1 is 1.08 bits per heavy atom. The second-order valence-electron chi connectivity index (χ2n) is 6.24. The molecule has 6 nitrogen and oxygen atoms in total. The Morgan fingerprint density at radius 3 is 2.73 bits per heavy atom. The molecule has 0 amide bonds. The predicted octanol–water partition coefficient (Wildman–Crippen LogP) is 3.00. The molecule has 26 heavy (non-hydrogen) atoms. The lowest BCUT2D eigenvalue weighted by molar-refractivity contribution is 0.655. The molecule has 4 rings (SSSR count). The molecule has 0 fully saturated rings. The van der Waals surface area contributed by atoms with E-state index in [0.717, 1.165) is 18.4 Å². The molecule has 2 aromatic carbocycles. The third-order valence-electron chi connectivity index (χ3n) is 4.35. The van der Waals surface area contributed by atoms with Gasteiger partial charge in [-0.3, -0.25) is 4.79 Å². The van der Waals surface area contributed by atoms with E-state index in [2.05, 4.69) is 27.1 Å². The van der Waals surface area contributed by atoms with Gasteiger partial charge in [-0.15, -0.1) is 0 Å². The van der Waals surface area contributed by atoms with Crippen molar-refractivity contribution in [1.29, 1.82) is 0 Å². The molecule has 0 unspecified atom stereocenters. The maximum atomic E-state index is 12.6. The Morgan fingerprint density at radius 2 is 1.92 bits per heavy atom. The van der Waals surface area contributed by atoms with Gasteiger partial charge in [-0.25, -0.2) is 9.97 Å². The lowest BCUT2D eigenvalue weighted by Crippen LogP contribution is -2.13. The largest absolute Gasteiger partial charge is 0.399 e. The Labute approximate surface area is 150 Å². The number of aryl methyl sites for hydroxylation is 2. The third-order valence-corrected chi connectivity index (χ3v) is 4.35. The molecule has 0 spiro atoms. The Kier molecular flexibility index (Phi) is 4.23. The van der Waals surface area contributed by atoms with Crippen LogP contribution in [0, 0.1) is 0 Å². The van der Waals surface area contributed by atoms with Crippen LogP contribution in [-0.4, -0.2) is 19.5 Å². The van der Waals surface area contributed by atoms with Crippen molar-refractivity contribution in [2.45, 2.75) is 19.4 Å². The first kappa shape index (κ1) is 16.1. The molecule has 0 saturated heterocycles. The van der Waals surface area contributed by atoms with Gasteiger partial charge in [0, 0.05) is 17.8 Å². The van der Waals surface area contributed by atoms with Gasteiger partial charge < -0.3 is 15.3 Å². The second-order valence-corrected chi connectivity index (χ2v) is 6.24. The number of anilines is 1. The molecule has 130 valence electrons. The van der Waals surface area contributed by atoms with Crippen LogP contribution in [0.15, 0.2) is 65.7 Å². The summed E-state index contributed by atoms with van der Waals surface area (Å²) in [6.07, 6.45) is 3.56. The first-order chi connectivity index (χ1) is 12.7. The molecule has 0 bridgehead atoms.